The number of aromatic nitrogens is 2. The number of rotatable bonds is 8. The van der Waals surface area contributed by atoms with Crippen molar-refractivity contribution in [1.29, 1.82) is 0 Å². The van der Waals surface area contributed by atoms with E-state index < -0.39 is 10.2 Å². The van der Waals surface area contributed by atoms with Gasteiger partial charge >= 0.3 is 0 Å². The van der Waals surface area contributed by atoms with Gasteiger partial charge in [0.05, 0.1) is 23.0 Å². The first-order chi connectivity index (χ1) is 13.0. The molecule has 0 spiro atoms. The van der Waals surface area contributed by atoms with Gasteiger partial charge in [0.15, 0.2) is 4.34 Å². The first-order valence-electron chi connectivity index (χ1n) is 7.83. The number of non-ortho nitro benzene ring substituents is 1. The maximum Gasteiger partial charge on any atom is 0.269 e. The van der Waals surface area contributed by atoms with E-state index in [1.807, 2.05) is 12.1 Å². The minimum Gasteiger partial charge on any atom is -0.467 e. The maximum absolute atomic E-state index is 12.3. The number of thioether (sulfide) groups is 1. The van der Waals surface area contributed by atoms with Gasteiger partial charge in [-0.05, 0) is 31.2 Å². The summed E-state index contributed by atoms with van der Waals surface area (Å²) in [5, 5.41) is 24.8. The molecule has 0 fully saturated rings. The molecule has 2 aromatic heterocycles. The number of carbonyl (C=O) groups excluding carboxylic acids is 1. The van der Waals surface area contributed by atoms with Crippen LogP contribution in [0.5, 0.6) is 0 Å². The van der Waals surface area contributed by atoms with E-state index in [1.54, 1.807) is 13.2 Å². The standard InChI is InChI=1S/C16H15N5O4S2/c1-10(14(22)18-11-4-6-12(7-5-11)21(23)24)26-16-20-19-15(27-16)17-9-13-3-2-8-25-13/h2-8,10H,9H2,1H3,(H,17,19)(H,18,22). The summed E-state index contributed by atoms with van der Waals surface area (Å²) in [4.78, 5) is 22.5. The lowest BCUT2D eigenvalue weighted by Gasteiger charge is -2.10. The van der Waals surface area contributed by atoms with Crippen molar-refractivity contribution in [2.45, 2.75) is 23.1 Å². The fourth-order valence-electron chi connectivity index (χ4n) is 2.02. The second-order valence-corrected chi connectivity index (χ2v) is 7.92. The molecule has 1 amide bonds. The largest absolute Gasteiger partial charge is 0.467 e. The molecule has 9 nitrogen and oxygen atoms in total. The molecule has 0 bridgehead atoms. The molecule has 2 N–H and O–H groups in total. The van der Waals surface area contributed by atoms with Gasteiger partial charge in [0.1, 0.15) is 5.76 Å². The summed E-state index contributed by atoms with van der Waals surface area (Å²) in [6, 6.07) is 9.34. The van der Waals surface area contributed by atoms with Crippen LogP contribution in [0, 0.1) is 10.1 Å². The third kappa shape index (κ3) is 5.28. The van der Waals surface area contributed by atoms with Crippen molar-refractivity contribution in [1.82, 2.24) is 10.2 Å². The average Bonchev–Trinajstić information content (AvgIpc) is 3.32. The fourth-order valence-corrected chi connectivity index (χ4v) is 3.91. The van der Waals surface area contributed by atoms with Crippen LogP contribution in [0.15, 0.2) is 51.4 Å². The van der Waals surface area contributed by atoms with Crippen LogP contribution in [0.25, 0.3) is 0 Å². The fraction of sp³-hybridized carbons (Fsp3) is 0.188. The van der Waals surface area contributed by atoms with Crippen molar-refractivity contribution in [2.24, 2.45) is 0 Å². The molecule has 0 saturated heterocycles. The third-order valence-electron chi connectivity index (χ3n) is 3.39. The molecule has 2 heterocycles. The van der Waals surface area contributed by atoms with Crippen LogP contribution in [0.2, 0.25) is 0 Å². The van der Waals surface area contributed by atoms with E-state index in [1.165, 1.54) is 47.4 Å². The molecular weight excluding hydrogens is 390 g/mol. The molecule has 0 radical (unpaired) electrons. The highest BCUT2D eigenvalue weighted by molar-refractivity contribution is 8.02. The molecule has 3 rings (SSSR count). The van der Waals surface area contributed by atoms with E-state index in [0.29, 0.717) is 21.7 Å². The molecule has 1 atom stereocenters. The van der Waals surface area contributed by atoms with Crippen molar-refractivity contribution in [3.05, 3.63) is 58.5 Å². The molecule has 27 heavy (non-hydrogen) atoms. The van der Waals surface area contributed by atoms with Crippen LogP contribution in [0.4, 0.5) is 16.5 Å². The van der Waals surface area contributed by atoms with Gasteiger partial charge in [-0.2, -0.15) is 0 Å². The topological polar surface area (TPSA) is 123 Å². The van der Waals surface area contributed by atoms with Gasteiger partial charge < -0.3 is 15.1 Å². The quantitative estimate of drug-likeness (QED) is 0.330. The first kappa shape index (κ1) is 18.9. The Labute approximate surface area is 162 Å². The second-order valence-electron chi connectivity index (χ2n) is 5.36. The zero-order chi connectivity index (χ0) is 19.2. The number of nitrogens with zero attached hydrogens (tertiary/aromatic N) is 3. The number of hydrogen-bond donors (Lipinski definition) is 2. The Balaban J connectivity index is 1.51. The minimum atomic E-state index is -0.489. The SMILES string of the molecule is CC(Sc1nnc(NCc2ccco2)s1)C(=O)Nc1ccc([N+](=O)[O-])cc1. The number of carbonyl (C=O) groups is 1. The monoisotopic (exact) mass is 405 g/mol. The molecule has 1 aromatic carbocycles. The van der Waals surface area contributed by atoms with Gasteiger partial charge in [-0.25, -0.2) is 0 Å². The van der Waals surface area contributed by atoms with Gasteiger partial charge in [-0.15, -0.1) is 10.2 Å². The molecule has 140 valence electrons. The Kier molecular flexibility index (Phi) is 6.04. The highest BCUT2D eigenvalue weighted by Gasteiger charge is 2.18. The molecule has 0 saturated carbocycles. The predicted molar refractivity (Wildman–Crippen MR) is 103 cm³/mol. The molecular formula is C16H15N5O4S2. The normalized spacial score (nSPS) is 11.7. The summed E-state index contributed by atoms with van der Waals surface area (Å²) in [5.41, 5.74) is 0.468. The highest BCUT2D eigenvalue weighted by atomic mass is 32.2. The van der Waals surface area contributed by atoms with Crippen LogP contribution < -0.4 is 10.6 Å². The third-order valence-corrected chi connectivity index (χ3v) is 5.46. The highest BCUT2D eigenvalue weighted by Crippen LogP contribution is 2.29. The number of nitro benzene ring substituents is 1. The number of amides is 1. The summed E-state index contributed by atoms with van der Waals surface area (Å²) in [5.74, 6) is 0.560. The van der Waals surface area contributed by atoms with E-state index >= 15 is 0 Å². The van der Waals surface area contributed by atoms with E-state index in [2.05, 4.69) is 20.8 Å². The Morgan fingerprint density at radius 2 is 2.11 bits per heavy atom. The Hall–Kier alpha value is -2.92. The van der Waals surface area contributed by atoms with Crippen LogP contribution in [-0.2, 0) is 11.3 Å². The number of anilines is 2. The average molecular weight is 405 g/mol. The Morgan fingerprint density at radius 3 is 2.78 bits per heavy atom. The van der Waals surface area contributed by atoms with E-state index in [9.17, 15) is 14.9 Å². The van der Waals surface area contributed by atoms with Crippen LogP contribution in [0.1, 0.15) is 12.7 Å². The summed E-state index contributed by atoms with van der Waals surface area (Å²) in [6.07, 6.45) is 1.60. The summed E-state index contributed by atoms with van der Waals surface area (Å²) in [6.45, 7) is 2.26. The van der Waals surface area contributed by atoms with Crippen molar-refractivity contribution >= 4 is 45.5 Å². The van der Waals surface area contributed by atoms with Crippen LogP contribution in [-0.4, -0.2) is 26.3 Å². The van der Waals surface area contributed by atoms with Gasteiger partial charge in [0.25, 0.3) is 5.69 Å². The van der Waals surface area contributed by atoms with Crippen LogP contribution in [0.3, 0.4) is 0 Å². The lowest BCUT2D eigenvalue weighted by molar-refractivity contribution is -0.384. The van der Waals surface area contributed by atoms with Crippen molar-refractivity contribution < 1.29 is 14.1 Å². The second kappa shape index (κ2) is 8.64. The van der Waals surface area contributed by atoms with Gasteiger partial charge in [-0.3, -0.25) is 14.9 Å². The van der Waals surface area contributed by atoms with E-state index in [0.717, 1.165) is 5.76 Å². The molecule has 11 heteroatoms. The Bertz CT molecular complexity index is 911. The molecule has 0 aliphatic carbocycles. The zero-order valence-electron chi connectivity index (χ0n) is 14.1. The zero-order valence-corrected chi connectivity index (χ0v) is 15.8. The Morgan fingerprint density at radius 1 is 1.33 bits per heavy atom. The lowest BCUT2D eigenvalue weighted by atomic mass is 10.3. The maximum atomic E-state index is 12.3. The number of furan rings is 1. The van der Waals surface area contributed by atoms with E-state index in [-0.39, 0.29) is 11.6 Å². The van der Waals surface area contributed by atoms with Gasteiger partial charge in [0.2, 0.25) is 11.0 Å². The first-order valence-corrected chi connectivity index (χ1v) is 9.52. The smallest absolute Gasteiger partial charge is 0.269 e. The minimum absolute atomic E-state index is 0.0288. The van der Waals surface area contributed by atoms with Crippen molar-refractivity contribution in [2.75, 3.05) is 10.6 Å². The lowest BCUT2D eigenvalue weighted by Crippen LogP contribution is -2.22. The van der Waals surface area contributed by atoms with Gasteiger partial charge in [0, 0.05) is 17.8 Å². The molecule has 3 aromatic rings. The molecule has 0 aliphatic rings. The van der Waals surface area contributed by atoms with Crippen LogP contribution >= 0.6 is 23.1 Å². The number of hydrogen-bond acceptors (Lipinski definition) is 9. The predicted octanol–water partition coefficient (Wildman–Crippen LogP) is 3.77. The summed E-state index contributed by atoms with van der Waals surface area (Å²) >= 11 is 2.63. The summed E-state index contributed by atoms with van der Waals surface area (Å²) < 4.78 is 5.89. The van der Waals surface area contributed by atoms with Crippen molar-refractivity contribution in [3.8, 4) is 0 Å². The molecule has 1 unspecified atom stereocenters. The van der Waals surface area contributed by atoms with Gasteiger partial charge in [-0.1, -0.05) is 23.1 Å². The summed E-state index contributed by atoms with van der Waals surface area (Å²) in [7, 11) is 0. The number of nitrogens with one attached hydrogen (secondary N) is 2. The van der Waals surface area contributed by atoms with Crippen molar-refractivity contribution in [3.63, 3.8) is 0 Å². The molecule has 0 aliphatic heterocycles. The number of nitro groups is 1. The number of benzene rings is 1. The van der Waals surface area contributed by atoms with E-state index in [4.69, 9.17) is 4.42 Å².